The maximum atomic E-state index is 12.7. The molecule has 0 aliphatic carbocycles. The summed E-state index contributed by atoms with van der Waals surface area (Å²) in [5.74, 6) is 1.29. The molecule has 4 heteroatoms. The molecule has 0 saturated carbocycles. The Labute approximate surface area is 134 Å². The summed E-state index contributed by atoms with van der Waals surface area (Å²) in [5, 5.41) is -0.0243. The topological polar surface area (TPSA) is 26.3 Å². The van der Waals surface area contributed by atoms with Crippen molar-refractivity contribution in [3.8, 4) is 0 Å². The van der Waals surface area contributed by atoms with E-state index in [1.807, 2.05) is 13.8 Å². The Morgan fingerprint density at radius 1 is 1.10 bits per heavy atom. The van der Waals surface area contributed by atoms with Gasteiger partial charge >= 0.3 is 5.97 Å². The zero-order chi connectivity index (χ0) is 16.1. The number of carbonyl (C=O) groups is 1. The van der Waals surface area contributed by atoms with Crippen LogP contribution in [0, 0.1) is 5.92 Å². The van der Waals surface area contributed by atoms with Gasteiger partial charge in [0.1, 0.15) is 5.25 Å². The normalized spacial score (nSPS) is 14.2. The summed E-state index contributed by atoms with van der Waals surface area (Å²) in [6, 6.07) is 0. The highest BCUT2D eigenvalue weighted by atomic mass is 32.2. The fourth-order valence-corrected chi connectivity index (χ4v) is 3.12. The summed E-state index contributed by atoms with van der Waals surface area (Å²) in [5.41, 5.74) is 0. The van der Waals surface area contributed by atoms with E-state index < -0.39 is 6.17 Å². The summed E-state index contributed by atoms with van der Waals surface area (Å²) in [6.07, 6.45) is 6.06. The van der Waals surface area contributed by atoms with E-state index in [1.165, 1.54) is 0 Å². The standard InChI is InChI=1S/C17H33FO2S/c1-5-6-11-16(17(19)20-13-14(2)3)21-12-9-7-8-10-15(4)18/h14-16H,5-13H2,1-4H3. The molecule has 0 heterocycles. The third-order valence-electron chi connectivity index (χ3n) is 3.21. The van der Waals surface area contributed by atoms with Crippen molar-refractivity contribution in [2.45, 2.75) is 84.1 Å². The van der Waals surface area contributed by atoms with Crippen molar-refractivity contribution < 1.29 is 13.9 Å². The average molecular weight is 321 g/mol. The molecule has 0 spiro atoms. The van der Waals surface area contributed by atoms with Gasteiger partial charge in [-0.3, -0.25) is 4.79 Å². The molecule has 0 aliphatic rings. The van der Waals surface area contributed by atoms with Crippen molar-refractivity contribution in [2.75, 3.05) is 12.4 Å². The van der Waals surface area contributed by atoms with Crippen LogP contribution in [0.1, 0.15) is 72.6 Å². The highest BCUT2D eigenvalue weighted by Crippen LogP contribution is 2.21. The third kappa shape index (κ3) is 13.2. The zero-order valence-corrected chi connectivity index (χ0v) is 15.0. The van der Waals surface area contributed by atoms with Crippen molar-refractivity contribution in [3.05, 3.63) is 0 Å². The van der Waals surface area contributed by atoms with Crippen LogP contribution >= 0.6 is 11.8 Å². The molecule has 2 unspecified atom stereocenters. The van der Waals surface area contributed by atoms with Gasteiger partial charge in [-0.25, -0.2) is 4.39 Å². The Morgan fingerprint density at radius 3 is 2.38 bits per heavy atom. The van der Waals surface area contributed by atoms with E-state index in [4.69, 9.17) is 4.74 Å². The number of halogens is 1. The van der Waals surface area contributed by atoms with Crippen LogP contribution in [0.15, 0.2) is 0 Å². The lowest BCUT2D eigenvalue weighted by molar-refractivity contribution is -0.144. The number of ether oxygens (including phenoxy) is 1. The van der Waals surface area contributed by atoms with Crippen LogP contribution < -0.4 is 0 Å². The first kappa shape index (κ1) is 20.8. The average Bonchev–Trinajstić information content (AvgIpc) is 2.42. The Balaban J connectivity index is 3.91. The van der Waals surface area contributed by atoms with Crippen molar-refractivity contribution in [2.24, 2.45) is 5.92 Å². The zero-order valence-electron chi connectivity index (χ0n) is 14.2. The molecule has 0 aromatic heterocycles. The van der Waals surface area contributed by atoms with Crippen molar-refractivity contribution in [1.29, 1.82) is 0 Å². The molecule has 0 amide bonds. The maximum Gasteiger partial charge on any atom is 0.319 e. The molecule has 0 bridgehead atoms. The van der Waals surface area contributed by atoms with Crippen molar-refractivity contribution >= 4 is 17.7 Å². The fourth-order valence-electron chi connectivity index (χ4n) is 1.93. The van der Waals surface area contributed by atoms with Gasteiger partial charge in [-0.1, -0.05) is 46.5 Å². The summed E-state index contributed by atoms with van der Waals surface area (Å²) in [7, 11) is 0. The second-order valence-electron chi connectivity index (χ2n) is 6.16. The number of thioether (sulfide) groups is 1. The largest absolute Gasteiger partial charge is 0.465 e. The van der Waals surface area contributed by atoms with Crippen LogP contribution in [0.3, 0.4) is 0 Å². The van der Waals surface area contributed by atoms with Crippen LogP contribution in [-0.2, 0) is 9.53 Å². The molecule has 0 aliphatic heterocycles. The number of hydrogen-bond donors (Lipinski definition) is 0. The molecule has 126 valence electrons. The summed E-state index contributed by atoms with van der Waals surface area (Å²) in [4.78, 5) is 12.1. The second-order valence-corrected chi connectivity index (χ2v) is 7.47. The smallest absolute Gasteiger partial charge is 0.319 e. The molecule has 21 heavy (non-hydrogen) atoms. The van der Waals surface area contributed by atoms with E-state index in [2.05, 4.69) is 6.92 Å². The number of carbonyl (C=O) groups excluding carboxylic acids is 1. The van der Waals surface area contributed by atoms with Gasteiger partial charge in [0.2, 0.25) is 0 Å². The summed E-state index contributed by atoms with van der Waals surface area (Å²) in [6.45, 7) is 8.36. The molecular weight excluding hydrogens is 287 g/mol. The fraction of sp³-hybridized carbons (Fsp3) is 0.941. The molecule has 0 saturated heterocycles. The van der Waals surface area contributed by atoms with E-state index in [0.717, 1.165) is 44.3 Å². The number of alkyl halides is 1. The van der Waals surface area contributed by atoms with Gasteiger partial charge in [-0.2, -0.15) is 0 Å². The van der Waals surface area contributed by atoms with Gasteiger partial charge in [0.15, 0.2) is 0 Å². The maximum absolute atomic E-state index is 12.7. The van der Waals surface area contributed by atoms with Gasteiger partial charge in [-0.05, 0) is 37.9 Å². The highest BCUT2D eigenvalue weighted by Gasteiger charge is 2.20. The SMILES string of the molecule is CCCCC(SCCCCCC(C)F)C(=O)OCC(C)C. The van der Waals surface area contributed by atoms with Gasteiger partial charge in [-0.15, -0.1) is 11.8 Å². The first-order chi connectivity index (χ1) is 9.97. The summed E-state index contributed by atoms with van der Waals surface area (Å²) >= 11 is 1.71. The van der Waals surface area contributed by atoms with Gasteiger partial charge in [0.25, 0.3) is 0 Å². The van der Waals surface area contributed by atoms with E-state index >= 15 is 0 Å². The predicted octanol–water partition coefficient (Wildman–Crippen LogP) is 5.40. The van der Waals surface area contributed by atoms with Crippen LogP contribution in [0.4, 0.5) is 4.39 Å². The lowest BCUT2D eigenvalue weighted by Gasteiger charge is -2.16. The number of unbranched alkanes of at least 4 members (excludes halogenated alkanes) is 3. The molecule has 2 nitrogen and oxygen atoms in total. The van der Waals surface area contributed by atoms with E-state index in [0.29, 0.717) is 18.9 Å². The molecule has 0 N–H and O–H groups in total. The van der Waals surface area contributed by atoms with Crippen LogP contribution in [0.2, 0.25) is 0 Å². The Morgan fingerprint density at radius 2 is 1.81 bits per heavy atom. The molecule has 0 aromatic carbocycles. The lowest BCUT2D eigenvalue weighted by atomic mass is 10.1. The first-order valence-electron chi connectivity index (χ1n) is 8.39. The molecule has 0 rings (SSSR count). The van der Waals surface area contributed by atoms with E-state index in [-0.39, 0.29) is 11.2 Å². The Bertz CT molecular complexity index is 257. The number of hydrogen-bond acceptors (Lipinski definition) is 3. The van der Waals surface area contributed by atoms with Crippen molar-refractivity contribution in [3.63, 3.8) is 0 Å². The van der Waals surface area contributed by atoms with Gasteiger partial charge < -0.3 is 4.74 Å². The van der Waals surface area contributed by atoms with Gasteiger partial charge in [0, 0.05) is 0 Å². The second kappa shape index (κ2) is 13.4. The van der Waals surface area contributed by atoms with Crippen LogP contribution in [0.25, 0.3) is 0 Å². The van der Waals surface area contributed by atoms with E-state index in [9.17, 15) is 9.18 Å². The quantitative estimate of drug-likeness (QED) is 0.336. The van der Waals surface area contributed by atoms with Crippen LogP contribution in [0.5, 0.6) is 0 Å². The molecule has 0 fully saturated rings. The predicted molar refractivity (Wildman–Crippen MR) is 90.6 cm³/mol. The molecule has 2 atom stereocenters. The van der Waals surface area contributed by atoms with E-state index in [1.54, 1.807) is 18.7 Å². The first-order valence-corrected chi connectivity index (χ1v) is 9.44. The third-order valence-corrected chi connectivity index (χ3v) is 4.56. The van der Waals surface area contributed by atoms with Gasteiger partial charge in [0.05, 0.1) is 12.8 Å². The summed E-state index contributed by atoms with van der Waals surface area (Å²) < 4.78 is 18.0. The molecule has 0 aromatic rings. The lowest BCUT2D eigenvalue weighted by Crippen LogP contribution is -2.22. The minimum Gasteiger partial charge on any atom is -0.465 e. The van der Waals surface area contributed by atoms with Crippen molar-refractivity contribution in [1.82, 2.24) is 0 Å². The number of esters is 1. The minimum absolute atomic E-state index is 0.0243. The number of rotatable bonds is 13. The Kier molecular flexibility index (Phi) is 13.3. The Hall–Kier alpha value is -0.250. The molecule has 0 radical (unpaired) electrons. The minimum atomic E-state index is -0.694. The molecular formula is C17H33FO2S. The van der Waals surface area contributed by atoms with Crippen LogP contribution in [-0.4, -0.2) is 29.8 Å². The highest BCUT2D eigenvalue weighted by molar-refractivity contribution is 8.00. The monoisotopic (exact) mass is 320 g/mol.